The zero-order valence-corrected chi connectivity index (χ0v) is 27.9. The smallest absolute Gasteiger partial charge is 0.109 e. The van der Waals surface area contributed by atoms with E-state index in [0.717, 1.165) is 64.4 Å². The molecule has 3 aliphatic carbocycles. The molecule has 0 radical (unpaired) electrons. The Labute approximate surface area is 258 Å². The summed E-state index contributed by atoms with van der Waals surface area (Å²) in [4.78, 5) is 0. The molecule has 1 aliphatic heterocycles. The molecule has 42 heavy (non-hydrogen) atoms. The van der Waals surface area contributed by atoms with Crippen molar-refractivity contribution in [2.24, 2.45) is 58.3 Å². The zero-order valence-electron chi connectivity index (χ0n) is 27.9. The molecule has 0 bridgehead atoms. The molecule has 4 rings (SSSR count). The normalized spacial score (nSPS) is 39.6. The highest BCUT2D eigenvalue weighted by Gasteiger charge is 2.59. The first-order chi connectivity index (χ1) is 20.3. The van der Waals surface area contributed by atoms with Crippen molar-refractivity contribution >= 4 is 0 Å². The molecule has 1 heterocycles. The van der Waals surface area contributed by atoms with Crippen LogP contribution in [0.15, 0.2) is 0 Å². The van der Waals surface area contributed by atoms with Crippen LogP contribution in [0.1, 0.15) is 105 Å². The van der Waals surface area contributed by atoms with Gasteiger partial charge in [-0.1, -0.05) is 34.1 Å². The van der Waals surface area contributed by atoms with Crippen molar-refractivity contribution in [1.82, 2.24) is 5.32 Å². The van der Waals surface area contributed by atoms with Crippen LogP contribution >= 0.6 is 0 Å². The Morgan fingerprint density at radius 2 is 1.60 bits per heavy atom. The third kappa shape index (κ3) is 8.50. The van der Waals surface area contributed by atoms with E-state index >= 15 is 0 Å². The molecule has 0 aromatic carbocycles. The maximum atomic E-state index is 6.86. The van der Waals surface area contributed by atoms with Gasteiger partial charge < -0.3 is 30.4 Å². The Balaban J connectivity index is 1.55. The highest BCUT2D eigenvalue weighted by molar-refractivity contribution is 5.08. The molecule has 5 N–H and O–H groups in total. The van der Waals surface area contributed by atoms with Gasteiger partial charge in [-0.25, -0.2) is 0 Å². The van der Waals surface area contributed by atoms with E-state index in [1.54, 1.807) is 0 Å². The lowest BCUT2D eigenvalue weighted by Gasteiger charge is -2.63. The summed E-state index contributed by atoms with van der Waals surface area (Å²) in [5.41, 5.74) is 12.0. The molecule has 4 aliphatic rings. The first kappa shape index (κ1) is 34.6. The van der Waals surface area contributed by atoms with Gasteiger partial charge in [0.05, 0.1) is 18.3 Å². The summed E-state index contributed by atoms with van der Waals surface area (Å²) in [5.74, 6) is 4.47. The van der Waals surface area contributed by atoms with E-state index in [1.165, 1.54) is 44.9 Å². The van der Waals surface area contributed by atoms with Gasteiger partial charge in [-0.15, -0.1) is 0 Å². The molecular weight excluding hydrogens is 526 g/mol. The Hall–Kier alpha value is -0.280. The fourth-order valence-corrected chi connectivity index (χ4v) is 9.24. The third-order valence-electron chi connectivity index (χ3n) is 12.4. The summed E-state index contributed by atoms with van der Waals surface area (Å²) in [6.07, 6.45) is 15.2. The van der Waals surface area contributed by atoms with E-state index < -0.39 is 0 Å². The van der Waals surface area contributed by atoms with Gasteiger partial charge in [0.2, 0.25) is 0 Å². The van der Waals surface area contributed by atoms with Gasteiger partial charge in [0.15, 0.2) is 0 Å². The minimum Gasteiger partial charge on any atom is -0.385 e. The van der Waals surface area contributed by atoms with E-state index in [-0.39, 0.29) is 6.23 Å². The first-order valence-corrected chi connectivity index (χ1v) is 17.8. The number of methoxy groups -OCH3 is 1. The Kier molecular flexibility index (Phi) is 13.9. The number of nitrogens with two attached hydrogens (primary N) is 2. The average Bonchev–Trinajstić information content (AvgIpc) is 2.95. The fourth-order valence-electron chi connectivity index (χ4n) is 9.24. The van der Waals surface area contributed by atoms with Crippen molar-refractivity contribution in [1.29, 1.82) is 0 Å². The van der Waals surface area contributed by atoms with Gasteiger partial charge in [0.1, 0.15) is 6.23 Å². The lowest BCUT2D eigenvalue weighted by molar-refractivity contribution is -0.215. The quantitative estimate of drug-likeness (QED) is 0.174. The standard InChI is InChI=1S/C35H67N3O4/c1-24(9-6-18-39-5)25(2)10-11-29-26(3)31(42-33-13-17-38-33)23-30-34(29)32(41-20-8-16-37)22-27-21-28(40-19-7-15-36)12-14-35(27,30)4/h24-34,38H,6-23,36-37H2,1-5H3/t24-,25-,26?,27?,28-,29-,30+,31+,32-,33?,34?,35+/m1/s1. The predicted octanol–water partition coefficient (Wildman–Crippen LogP) is 5.74. The minimum atomic E-state index is 0.241. The molecule has 246 valence electrons. The number of hydrogen-bond donors (Lipinski definition) is 3. The topological polar surface area (TPSA) is 101 Å². The zero-order chi connectivity index (χ0) is 30.1. The number of ether oxygens (including phenoxy) is 4. The SMILES string of the molecule is COCCC[C@@H](C)[C@H](C)CC[C@@H]1C(C)[C@@H](OC2CCN2)C[C@H]2C1[C@H](OCCCN)CC1C[C@H](OCCCN)CC[C@@]12C. The van der Waals surface area contributed by atoms with Crippen LogP contribution in [-0.2, 0) is 18.9 Å². The Morgan fingerprint density at radius 1 is 0.881 bits per heavy atom. The largest absolute Gasteiger partial charge is 0.385 e. The first-order valence-electron chi connectivity index (χ1n) is 17.8. The molecule has 0 spiro atoms. The second-order valence-corrected chi connectivity index (χ2v) is 14.9. The molecule has 4 unspecified atom stereocenters. The third-order valence-corrected chi connectivity index (χ3v) is 12.4. The predicted molar refractivity (Wildman–Crippen MR) is 171 cm³/mol. The van der Waals surface area contributed by atoms with Crippen LogP contribution in [0.2, 0.25) is 0 Å². The van der Waals surface area contributed by atoms with Crippen molar-refractivity contribution < 1.29 is 18.9 Å². The van der Waals surface area contributed by atoms with Gasteiger partial charge >= 0.3 is 0 Å². The van der Waals surface area contributed by atoms with Gasteiger partial charge in [-0.2, -0.15) is 0 Å². The van der Waals surface area contributed by atoms with E-state index in [1.807, 2.05) is 7.11 Å². The molecule has 1 saturated heterocycles. The summed E-state index contributed by atoms with van der Waals surface area (Å²) >= 11 is 0. The number of fused-ring (bicyclic) bond motifs is 3. The summed E-state index contributed by atoms with van der Waals surface area (Å²) in [6.45, 7) is 15.0. The molecule has 0 aromatic heterocycles. The second kappa shape index (κ2) is 16.9. The molecule has 4 fully saturated rings. The summed E-state index contributed by atoms with van der Waals surface area (Å²) in [7, 11) is 1.81. The fraction of sp³-hybridized carbons (Fsp3) is 1.00. The maximum absolute atomic E-state index is 6.86. The van der Waals surface area contributed by atoms with Crippen LogP contribution in [0.5, 0.6) is 0 Å². The van der Waals surface area contributed by atoms with Crippen molar-refractivity contribution in [3.05, 3.63) is 0 Å². The van der Waals surface area contributed by atoms with Gasteiger partial charge in [0.25, 0.3) is 0 Å². The van der Waals surface area contributed by atoms with Crippen LogP contribution in [-0.4, -0.2) is 71.1 Å². The molecule has 3 saturated carbocycles. The molecule has 7 heteroatoms. The number of hydrogen-bond acceptors (Lipinski definition) is 7. The van der Waals surface area contributed by atoms with E-state index in [2.05, 4.69) is 33.0 Å². The van der Waals surface area contributed by atoms with Crippen molar-refractivity contribution in [2.45, 2.75) is 129 Å². The van der Waals surface area contributed by atoms with Crippen LogP contribution in [0.25, 0.3) is 0 Å². The van der Waals surface area contributed by atoms with E-state index in [0.29, 0.717) is 72.3 Å². The van der Waals surface area contributed by atoms with Crippen LogP contribution in [0, 0.1) is 46.8 Å². The molecule has 0 aromatic rings. The second-order valence-electron chi connectivity index (χ2n) is 14.9. The van der Waals surface area contributed by atoms with Gasteiger partial charge in [0, 0.05) is 33.5 Å². The van der Waals surface area contributed by atoms with Crippen LogP contribution in [0.4, 0.5) is 0 Å². The Bertz CT molecular complexity index is 769. The number of nitrogens with one attached hydrogen (secondary N) is 1. The summed E-state index contributed by atoms with van der Waals surface area (Å²) in [6, 6.07) is 0. The van der Waals surface area contributed by atoms with Crippen molar-refractivity contribution in [3.8, 4) is 0 Å². The van der Waals surface area contributed by atoms with Crippen LogP contribution in [0.3, 0.4) is 0 Å². The van der Waals surface area contributed by atoms with E-state index in [9.17, 15) is 0 Å². The maximum Gasteiger partial charge on any atom is 0.109 e. The van der Waals surface area contributed by atoms with Crippen molar-refractivity contribution in [2.75, 3.05) is 46.6 Å². The lowest BCUT2D eigenvalue weighted by atomic mass is 9.45. The molecule has 0 amide bonds. The highest BCUT2D eigenvalue weighted by atomic mass is 16.5. The van der Waals surface area contributed by atoms with Crippen molar-refractivity contribution in [3.63, 3.8) is 0 Å². The van der Waals surface area contributed by atoms with E-state index in [4.69, 9.17) is 30.4 Å². The summed E-state index contributed by atoms with van der Waals surface area (Å²) < 4.78 is 25.4. The highest BCUT2D eigenvalue weighted by Crippen LogP contribution is 2.62. The average molecular weight is 594 g/mol. The lowest BCUT2D eigenvalue weighted by Crippen LogP contribution is -2.61. The molecular formula is C35H67N3O4. The minimum absolute atomic E-state index is 0.241. The molecule has 12 atom stereocenters. The molecule has 7 nitrogen and oxygen atoms in total. The van der Waals surface area contributed by atoms with Gasteiger partial charge in [-0.3, -0.25) is 5.32 Å². The monoisotopic (exact) mass is 594 g/mol. The summed E-state index contributed by atoms with van der Waals surface area (Å²) in [5, 5.41) is 3.53. The van der Waals surface area contributed by atoms with Crippen LogP contribution < -0.4 is 16.8 Å². The number of rotatable bonds is 18. The van der Waals surface area contributed by atoms with Gasteiger partial charge in [-0.05, 0) is 131 Å². The Morgan fingerprint density at radius 3 is 2.26 bits per heavy atom.